The molecule has 1 aromatic heterocycles. The van der Waals surface area contributed by atoms with E-state index in [2.05, 4.69) is 10.3 Å². The topological polar surface area (TPSA) is 67.6 Å². The van der Waals surface area contributed by atoms with E-state index in [1.54, 1.807) is 18.2 Å². The minimum absolute atomic E-state index is 0.0443. The molecule has 6 nitrogen and oxygen atoms in total. The highest BCUT2D eigenvalue weighted by Gasteiger charge is 2.19. The smallest absolute Gasteiger partial charge is 0.273 e. The third-order valence-corrected chi connectivity index (χ3v) is 5.27. The largest absolute Gasteiger partial charge is 0.447 e. The first-order valence-corrected chi connectivity index (χ1v) is 10.6. The van der Waals surface area contributed by atoms with Crippen LogP contribution < -0.4 is 5.32 Å². The Hall–Kier alpha value is -3.10. The molecule has 2 aromatic carbocycles. The van der Waals surface area contributed by atoms with Gasteiger partial charge >= 0.3 is 0 Å². The summed E-state index contributed by atoms with van der Waals surface area (Å²) in [7, 11) is 0. The number of amides is 1. The Balaban J connectivity index is 1.42. The van der Waals surface area contributed by atoms with Crippen LogP contribution in [0.3, 0.4) is 0 Å². The number of oxazole rings is 1. The van der Waals surface area contributed by atoms with Crippen LogP contribution in [0.15, 0.2) is 59.2 Å². The SMILES string of the molecule is O=C(NC[C@H]1CCCO1)c1coc(CN(Cc2ccc(F)cc2)Cc2cccc(F)c2)n1. The number of aromatic nitrogens is 1. The first kappa shape index (κ1) is 22.1. The zero-order valence-electron chi connectivity index (χ0n) is 17.6. The summed E-state index contributed by atoms with van der Waals surface area (Å²) in [4.78, 5) is 18.7. The molecule has 0 radical (unpaired) electrons. The van der Waals surface area contributed by atoms with Crippen LogP contribution in [-0.4, -0.2) is 35.0 Å². The van der Waals surface area contributed by atoms with Crippen LogP contribution in [0.1, 0.15) is 40.3 Å². The van der Waals surface area contributed by atoms with Crippen LogP contribution in [-0.2, 0) is 24.4 Å². The lowest BCUT2D eigenvalue weighted by Gasteiger charge is -2.21. The third kappa shape index (κ3) is 6.21. The van der Waals surface area contributed by atoms with Gasteiger partial charge < -0.3 is 14.5 Å². The normalized spacial score (nSPS) is 15.9. The van der Waals surface area contributed by atoms with Crippen LogP contribution in [0.5, 0.6) is 0 Å². The van der Waals surface area contributed by atoms with E-state index in [9.17, 15) is 13.6 Å². The molecule has 1 fully saturated rings. The van der Waals surface area contributed by atoms with Gasteiger partial charge in [-0.1, -0.05) is 24.3 Å². The van der Waals surface area contributed by atoms with Gasteiger partial charge in [0.05, 0.1) is 12.6 Å². The Kier molecular flexibility index (Phi) is 7.24. The molecule has 0 unspecified atom stereocenters. The van der Waals surface area contributed by atoms with Gasteiger partial charge in [0.2, 0.25) is 5.89 Å². The highest BCUT2D eigenvalue weighted by Crippen LogP contribution is 2.16. The molecule has 1 N–H and O–H groups in total. The van der Waals surface area contributed by atoms with Gasteiger partial charge in [0, 0.05) is 26.2 Å². The number of halogens is 2. The van der Waals surface area contributed by atoms with Crippen molar-refractivity contribution in [1.82, 2.24) is 15.2 Å². The van der Waals surface area contributed by atoms with Gasteiger partial charge in [-0.3, -0.25) is 9.69 Å². The predicted octanol–water partition coefficient (Wildman–Crippen LogP) is 4.06. The summed E-state index contributed by atoms with van der Waals surface area (Å²) in [6.07, 6.45) is 3.31. The monoisotopic (exact) mass is 441 g/mol. The van der Waals surface area contributed by atoms with E-state index in [1.165, 1.54) is 30.5 Å². The second kappa shape index (κ2) is 10.5. The molecule has 1 saturated heterocycles. The van der Waals surface area contributed by atoms with Crippen LogP contribution in [0.2, 0.25) is 0 Å². The molecule has 0 bridgehead atoms. The maximum atomic E-state index is 13.6. The van der Waals surface area contributed by atoms with Crippen LogP contribution in [0.25, 0.3) is 0 Å². The lowest BCUT2D eigenvalue weighted by molar-refractivity contribution is 0.0853. The van der Waals surface area contributed by atoms with Gasteiger partial charge in [-0.25, -0.2) is 13.8 Å². The molecule has 1 amide bonds. The van der Waals surface area contributed by atoms with Crippen LogP contribution in [0.4, 0.5) is 8.78 Å². The van der Waals surface area contributed by atoms with Gasteiger partial charge in [-0.2, -0.15) is 0 Å². The summed E-state index contributed by atoms with van der Waals surface area (Å²) in [5, 5.41) is 2.82. The van der Waals surface area contributed by atoms with E-state index in [4.69, 9.17) is 9.15 Å². The molecular weight excluding hydrogens is 416 g/mol. The summed E-state index contributed by atoms with van der Waals surface area (Å²) in [6.45, 7) is 2.37. The molecule has 1 atom stereocenters. The van der Waals surface area contributed by atoms with E-state index in [0.29, 0.717) is 32.1 Å². The van der Waals surface area contributed by atoms with E-state index in [1.807, 2.05) is 11.0 Å². The number of nitrogens with zero attached hydrogens (tertiary/aromatic N) is 2. The average molecular weight is 441 g/mol. The van der Waals surface area contributed by atoms with Crippen molar-refractivity contribution in [2.45, 2.75) is 38.6 Å². The first-order valence-electron chi connectivity index (χ1n) is 10.6. The summed E-state index contributed by atoms with van der Waals surface area (Å²) in [5.41, 5.74) is 1.88. The van der Waals surface area contributed by atoms with Crippen molar-refractivity contribution in [2.75, 3.05) is 13.2 Å². The zero-order valence-corrected chi connectivity index (χ0v) is 17.6. The highest BCUT2D eigenvalue weighted by molar-refractivity contribution is 5.91. The van der Waals surface area contributed by atoms with Gasteiger partial charge in [-0.15, -0.1) is 0 Å². The number of hydrogen-bond donors (Lipinski definition) is 1. The lowest BCUT2D eigenvalue weighted by Crippen LogP contribution is -2.32. The maximum Gasteiger partial charge on any atom is 0.273 e. The molecule has 8 heteroatoms. The van der Waals surface area contributed by atoms with E-state index in [0.717, 1.165) is 30.6 Å². The van der Waals surface area contributed by atoms with E-state index < -0.39 is 0 Å². The van der Waals surface area contributed by atoms with Crippen LogP contribution >= 0.6 is 0 Å². The molecule has 0 spiro atoms. The standard InChI is InChI=1S/C24H25F2N3O3/c25-19-8-6-17(7-9-19)13-29(14-18-3-1-4-20(26)11-18)15-23-28-22(16-32-23)24(30)27-12-21-5-2-10-31-21/h1,3-4,6-9,11,16,21H,2,5,10,12-15H2,(H,27,30)/t21-/m1/s1. The van der Waals surface area contributed by atoms with Crippen molar-refractivity contribution in [3.63, 3.8) is 0 Å². The fraction of sp³-hybridized carbons (Fsp3) is 0.333. The molecular formula is C24H25F2N3O3. The van der Waals surface area contributed by atoms with Crippen molar-refractivity contribution < 1.29 is 22.7 Å². The zero-order chi connectivity index (χ0) is 22.3. The molecule has 3 aromatic rings. The van der Waals surface area contributed by atoms with Crippen molar-refractivity contribution in [1.29, 1.82) is 0 Å². The van der Waals surface area contributed by atoms with Crippen molar-refractivity contribution in [3.8, 4) is 0 Å². The van der Waals surface area contributed by atoms with Gasteiger partial charge in [-0.05, 0) is 48.2 Å². The Morgan fingerprint density at radius 2 is 1.88 bits per heavy atom. The van der Waals surface area contributed by atoms with Crippen molar-refractivity contribution >= 4 is 5.91 Å². The third-order valence-electron chi connectivity index (χ3n) is 5.27. The fourth-order valence-electron chi connectivity index (χ4n) is 3.69. The molecule has 0 saturated carbocycles. The number of nitrogens with one attached hydrogen (secondary N) is 1. The number of carbonyl (C=O) groups is 1. The summed E-state index contributed by atoms with van der Waals surface area (Å²) in [5.74, 6) is -0.571. The number of ether oxygens (including phenoxy) is 1. The average Bonchev–Trinajstić information content (AvgIpc) is 3.46. The minimum atomic E-state index is -0.314. The number of hydrogen-bond acceptors (Lipinski definition) is 5. The molecule has 0 aliphatic carbocycles. The van der Waals surface area contributed by atoms with Gasteiger partial charge in [0.25, 0.3) is 5.91 Å². The van der Waals surface area contributed by atoms with Crippen molar-refractivity contribution in [3.05, 3.63) is 89.1 Å². The summed E-state index contributed by atoms with van der Waals surface area (Å²) < 4.78 is 38.0. The molecule has 2 heterocycles. The lowest BCUT2D eigenvalue weighted by atomic mass is 10.1. The Morgan fingerprint density at radius 3 is 2.62 bits per heavy atom. The minimum Gasteiger partial charge on any atom is -0.447 e. The molecule has 32 heavy (non-hydrogen) atoms. The van der Waals surface area contributed by atoms with E-state index >= 15 is 0 Å². The van der Waals surface area contributed by atoms with Gasteiger partial charge in [0.1, 0.15) is 17.9 Å². The fourth-order valence-corrected chi connectivity index (χ4v) is 3.69. The molecule has 4 rings (SSSR count). The van der Waals surface area contributed by atoms with Gasteiger partial charge in [0.15, 0.2) is 5.69 Å². The first-order chi connectivity index (χ1) is 15.5. The number of rotatable bonds is 9. The molecule has 1 aliphatic heterocycles. The predicted molar refractivity (Wildman–Crippen MR) is 114 cm³/mol. The second-order valence-electron chi connectivity index (χ2n) is 7.87. The van der Waals surface area contributed by atoms with Crippen molar-refractivity contribution in [2.24, 2.45) is 0 Å². The maximum absolute atomic E-state index is 13.6. The Bertz CT molecular complexity index is 1030. The van der Waals surface area contributed by atoms with E-state index in [-0.39, 0.29) is 29.3 Å². The summed E-state index contributed by atoms with van der Waals surface area (Å²) in [6, 6.07) is 12.6. The second-order valence-corrected chi connectivity index (χ2v) is 7.87. The number of carbonyl (C=O) groups excluding carboxylic acids is 1. The molecule has 1 aliphatic rings. The van der Waals surface area contributed by atoms with Crippen LogP contribution in [0, 0.1) is 11.6 Å². The Labute approximate surface area is 185 Å². The Morgan fingerprint density at radius 1 is 1.06 bits per heavy atom. The summed E-state index contributed by atoms with van der Waals surface area (Å²) >= 11 is 0. The quantitative estimate of drug-likeness (QED) is 0.542. The number of benzene rings is 2. The molecule has 168 valence electrons. The highest BCUT2D eigenvalue weighted by atomic mass is 19.1.